The molecule has 90 valence electrons. The van der Waals surface area contributed by atoms with Crippen molar-refractivity contribution in [1.29, 1.82) is 0 Å². The summed E-state index contributed by atoms with van der Waals surface area (Å²) in [6.07, 6.45) is 0. The number of aromatic nitrogens is 5. The number of benzene rings is 1. The zero-order valence-electron chi connectivity index (χ0n) is 8.79. The van der Waals surface area contributed by atoms with E-state index in [-0.39, 0.29) is 11.6 Å². The van der Waals surface area contributed by atoms with E-state index in [2.05, 4.69) is 20.6 Å². The van der Waals surface area contributed by atoms with Gasteiger partial charge in [0.25, 0.3) is 0 Å². The highest BCUT2D eigenvalue weighted by Crippen LogP contribution is 2.21. The molecule has 18 heavy (non-hydrogen) atoms. The first-order valence-electron chi connectivity index (χ1n) is 4.91. The molecule has 0 saturated carbocycles. The molecule has 0 saturated heterocycles. The molecular weight excluding hydrogens is 244 g/mol. The van der Waals surface area contributed by atoms with E-state index in [1.807, 2.05) is 0 Å². The first-order valence-corrected chi connectivity index (χ1v) is 4.91. The number of rotatable bonds is 2. The molecule has 8 heteroatoms. The monoisotopic (exact) mass is 249 g/mol. The predicted molar refractivity (Wildman–Crippen MR) is 55.0 cm³/mol. The summed E-state index contributed by atoms with van der Waals surface area (Å²) in [5.74, 6) is -1.63. The van der Waals surface area contributed by atoms with Crippen LogP contribution in [0.25, 0.3) is 5.65 Å². The second-order valence-corrected chi connectivity index (χ2v) is 3.38. The van der Waals surface area contributed by atoms with Gasteiger partial charge < -0.3 is 4.74 Å². The maximum Gasteiger partial charge on any atom is 0.239 e. The van der Waals surface area contributed by atoms with Crippen molar-refractivity contribution in [2.24, 2.45) is 0 Å². The van der Waals surface area contributed by atoms with E-state index in [0.717, 1.165) is 16.8 Å². The number of hydrogen-bond donors (Lipinski definition) is 0. The van der Waals surface area contributed by atoms with Crippen molar-refractivity contribution in [2.45, 2.75) is 0 Å². The highest BCUT2D eigenvalue weighted by molar-refractivity contribution is 5.36. The number of fused-ring (bicyclic) bond motifs is 1. The highest BCUT2D eigenvalue weighted by atomic mass is 19.2. The molecule has 1 aromatic carbocycles. The SMILES string of the molecule is Fc1ccc(Oc2ccc3nnnn3n2)cc1F. The van der Waals surface area contributed by atoms with Crippen molar-refractivity contribution in [3.05, 3.63) is 42.0 Å². The van der Waals surface area contributed by atoms with Gasteiger partial charge in [-0.15, -0.1) is 14.8 Å². The minimum absolute atomic E-state index is 0.133. The van der Waals surface area contributed by atoms with Gasteiger partial charge in [-0.3, -0.25) is 0 Å². The number of halogens is 2. The van der Waals surface area contributed by atoms with Gasteiger partial charge in [0.2, 0.25) is 5.88 Å². The van der Waals surface area contributed by atoms with Gasteiger partial charge in [0.1, 0.15) is 5.75 Å². The first kappa shape index (κ1) is 10.5. The summed E-state index contributed by atoms with van der Waals surface area (Å²) in [6.45, 7) is 0. The molecule has 3 aromatic rings. The fraction of sp³-hybridized carbons (Fsp3) is 0. The summed E-state index contributed by atoms with van der Waals surface area (Å²) in [5, 5.41) is 14.6. The molecule has 0 bridgehead atoms. The standard InChI is InChI=1S/C10H5F2N5O/c11-7-2-1-6(5-8(7)12)18-10-4-3-9-13-15-16-17(9)14-10/h1-5H. The molecule has 3 rings (SSSR count). The number of tetrazole rings is 1. The maximum atomic E-state index is 13.0. The number of ether oxygens (including phenoxy) is 1. The Morgan fingerprint density at radius 3 is 2.78 bits per heavy atom. The van der Waals surface area contributed by atoms with Crippen LogP contribution in [-0.4, -0.2) is 25.3 Å². The van der Waals surface area contributed by atoms with Crippen LogP contribution in [0.3, 0.4) is 0 Å². The van der Waals surface area contributed by atoms with Crippen LogP contribution in [0, 0.1) is 11.6 Å². The molecule has 0 radical (unpaired) electrons. The van der Waals surface area contributed by atoms with E-state index in [1.165, 1.54) is 12.1 Å². The summed E-state index contributed by atoms with van der Waals surface area (Å²) >= 11 is 0. The molecule has 6 nitrogen and oxygen atoms in total. The average molecular weight is 249 g/mol. The molecule has 0 aliphatic heterocycles. The van der Waals surface area contributed by atoms with E-state index >= 15 is 0 Å². The fourth-order valence-corrected chi connectivity index (χ4v) is 1.35. The van der Waals surface area contributed by atoms with Crippen molar-refractivity contribution in [3.63, 3.8) is 0 Å². The summed E-state index contributed by atoms with van der Waals surface area (Å²) in [6, 6.07) is 6.31. The second kappa shape index (κ2) is 3.99. The molecule has 0 atom stereocenters. The Balaban J connectivity index is 1.92. The van der Waals surface area contributed by atoms with Gasteiger partial charge in [0.15, 0.2) is 17.3 Å². The van der Waals surface area contributed by atoms with Crippen molar-refractivity contribution < 1.29 is 13.5 Å². The van der Waals surface area contributed by atoms with E-state index in [4.69, 9.17) is 4.74 Å². The van der Waals surface area contributed by atoms with Gasteiger partial charge >= 0.3 is 0 Å². The average Bonchev–Trinajstić information content (AvgIpc) is 2.81. The van der Waals surface area contributed by atoms with Crippen LogP contribution in [0.2, 0.25) is 0 Å². The van der Waals surface area contributed by atoms with Gasteiger partial charge in [0, 0.05) is 12.1 Å². The third-order valence-electron chi connectivity index (χ3n) is 2.16. The Morgan fingerprint density at radius 1 is 1.06 bits per heavy atom. The topological polar surface area (TPSA) is 65.2 Å². The predicted octanol–water partition coefficient (Wildman–Crippen LogP) is 1.59. The van der Waals surface area contributed by atoms with Gasteiger partial charge in [-0.1, -0.05) is 0 Å². The molecule has 0 fully saturated rings. The van der Waals surface area contributed by atoms with E-state index in [9.17, 15) is 8.78 Å². The van der Waals surface area contributed by atoms with E-state index in [1.54, 1.807) is 6.07 Å². The molecule has 2 aromatic heterocycles. The molecule has 2 heterocycles. The molecule has 0 unspecified atom stereocenters. The quantitative estimate of drug-likeness (QED) is 0.690. The van der Waals surface area contributed by atoms with Crippen LogP contribution >= 0.6 is 0 Å². The Kier molecular flexibility index (Phi) is 2.33. The van der Waals surface area contributed by atoms with Crippen LogP contribution in [0.1, 0.15) is 0 Å². The molecule has 0 aliphatic carbocycles. The van der Waals surface area contributed by atoms with Gasteiger partial charge in [-0.05, 0) is 28.6 Å². The van der Waals surface area contributed by atoms with Crippen molar-refractivity contribution in [3.8, 4) is 11.6 Å². The van der Waals surface area contributed by atoms with Crippen LogP contribution in [0.4, 0.5) is 8.78 Å². The largest absolute Gasteiger partial charge is 0.437 e. The van der Waals surface area contributed by atoms with Gasteiger partial charge in [0.05, 0.1) is 0 Å². The van der Waals surface area contributed by atoms with Crippen LogP contribution in [-0.2, 0) is 0 Å². The maximum absolute atomic E-state index is 13.0. The zero-order valence-corrected chi connectivity index (χ0v) is 8.79. The lowest BCUT2D eigenvalue weighted by Gasteiger charge is -2.04. The van der Waals surface area contributed by atoms with Crippen molar-refractivity contribution in [2.75, 3.05) is 0 Å². The molecule has 0 spiro atoms. The van der Waals surface area contributed by atoms with Crippen molar-refractivity contribution >= 4 is 5.65 Å². The zero-order chi connectivity index (χ0) is 12.5. The minimum atomic E-state index is -0.990. The summed E-state index contributed by atoms with van der Waals surface area (Å²) in [4.78, 5) is 0. The molecular formula is C10H5F2N5O. The van der Waals surface area contributed by atoms with Crippen LogP contribution < -0.4 is 4.74 Å². The van der Waals surface area contributed by atoms with Crippen molar-refractivity contribution in [1.82, 2.24) is 25.3 Å². The smallest absolute Gasteiger partial charge is 0.239 e. The second-order valence-electron chi connectivity index (χ2n) is 3.38. The van der Waals surface area contributed by atoms with E-state index in [0.29, 0.717) is 5.65 Å². The third kappa shape index (κ3) is 1.83. The fourth-order valence-electron chi connectivity index (χ4n) is 1.35. The van der Waals surface area contributed by atoms with Gasteiger partial charge in [-0.25, -0.2) is 8.78 Å². The molecule has 0 N–H and O–H groups in total. The lowest BCUT2D eigenvalue weighted by Crippen LogP contribution is -1.97. The number of hydrogen-bond acceptors (Lipinski definition) is 5. The lowest BCUT2D eigenvalue weighted by atomic mass is 10.3. The summed E-state index contributed by atoms with van der Waals surface area (Å²) < 4.78 is 32.1. The minimum Gasteiger partial charge on any atom is -0.437 e. The number of nitrogens with zero attached hydrogens (tertiary/aromatic N) is 5. The summed E-state index contributed by atoms with van der Waals surface area (Å²) in [5.41, 5.74) is 0.452. The van der Waals surface area contributed by atoms with Gasteiger partial charge in [-0.2, -0.15) is 0 Å². The highest BCUT2D eigenvalue weighted by Gasteiger charge is 2.06. The first-order chi connectivity index (χ1) is 8.72. The van der Waals surface area contributed by atoms with Crippen LogP contribution in [0.5, 0.6) is 11.6 Å². The third-order valence-corrected chi connectivity index (χ3v) is 2.16. The molecule has 0 aliphatic rings. The Labute approximate surface area is 98.8 Å². The Morgan fingerprint density at radius 2 is 1.94 bits per heavy atom. The summed E-state index contributed by atoms with van der Waals surface area (Å²) in [7, 11) is 0. The normalized spacial score (nSPS) is 10.8. The Hall–Kier alpha value is -2.64. The Bertz CT molecular complexity index is 714. The lowest BCUT2D eigenvalue weighted by molar-refractivity contribution is 0.435. The van der Waals surface area contributed by atoms with E-state index < -0.39 is 11.6 Å². The molecule has 0 amide bonds. The van der Waals surface area contributed by atoms with Crippen LogP contribution in [0.15, 0.2) is 30.3 Å².